The molecule has 2 rings (SSSR count). The normalized spacial score (nSPS) is 7.86. The maximum absolute atomic E-state index is 3.36. The summed E-state index contributed by atoms with van der Waals surface area (Å²) in [5, 5.41) is 0. The van der Waals surface area contributed by atoms with Gasteiger partial charge in [-0.25, -0.2) is 0 Å². The molecule has 0 spiro atoms. The van der Waals surface area contributed by atoms with Gasteiger partial charge in [0, 0.05) is 0 Å². The predicted octanol–water partition coefficient (Wildman–Crippen LogP) is 6.72. The Kier molecular flexibility index (Phi) is 18.6. The highest BCUT2D eigenvalue weighted by molar-refractivity contribution is 5.14. The topological polar surface area (TPSA) is 0 Å². The third-order valence-corrected chi connectivity index (χ3v) is 2.50. The molecule has 2 aromatic rings. The SMILES string of the molecule is C=CC.CC.CCc1ccccc1.CCc1ccccc1. The van der Waals surface area contributed by atoms with E-state index in [1.807, 2.05) is 32.9 Å². The van der Waals surface area contributed by atoms with Crippen molar-refractivity contribution in [3.63, 3.8) is 0 Å². The Morgan fingerprint density at radius 2 is 0.952 bits per heavy atom. The van der Waals surface area contributed by atoms with E-state index in [1.165, 1.54) is 11.1 Å². The fraction of sp³-hybridized carbons (Fsp3) is 0.333. The smallest absolute Gasteiger partial charge is 0.0307 e. The first kappa shape index (κ1) is 21.5. The van der Waals surface area contributed by atoms with E-state index in [-0.39, 0.29) is 0 Å². The summed E-state index contributed by atoms with van der Waals surface area (Å²) in [6.45, 7) is 13.6. The summed E-state index contributed by atoms with van der Waals surface area (Å²) < 4.78 is 0. The number of benzene rings is 2. The van der Waals surface area contributed by atoms with Gasteiger partial charge < -0.3 is 0 Å². The van der Waals surface area contributed by atoms with E-state index >= 15 is 0 Å². The lowest BCUT2D eigenvalue weighted by Gasteiger charge is -1.89. The van der Waals surface area contributed by atoms with Gasteiger partial charge in [-0.05, 0) is 30.9 Å². The van der Waals surface area contributed by atoms with Gasteiger partial charge in [-0.1, -0.05) is 94.4 Å². The summed E-state index contributed by atoms with van der Waals surface area (Å²) in [5.74, 6) is 0. The van der Waals surface area contributed by atoms with Crippen molar-refractivity contribution in [2.24, 2.45) is 0 Å². The zero-order chi connectivity index (χ0) is 16.3. The van der Waals surface area contributed by atoms with E-state index in [1.54, 1.807) is 6.08 Å². The number of aryl methyl sites for hydroxylation is 2. The van der Waals surface area contributed by atoms with E-state index in [9.17, 15) is 0 Å². The van der Waals surface area contributed by atoms with Crippen LogP contribution in [0.5, 0.6) is 0 Å². The lowest BCUT2D eigenvalue weighted by molar-refractivity contribution is 1.14. The van der Waals surface area contributed by atoms with Gasteiger partial charge in [-0.2, -0.15) is 0 Å². The van der Waals surface area contributed by atoms with Crippen LogP contribution in [0.3, 0.4) is 0 Å². The molecule has 0 heteroatoms. The van der Waals surface area contributed by atoms with Gasteiger partial charge in [-0.3, -0.25) is 0 Å². The Labute approximate surface area is 132 Å². The van der Waals surface area contributed by atoms with Crippen molar-refractivity contribution < 1.29 is 0 Å². The summed E-state index contributed by atoms with van der Waals surface area (Å²) in [7, 11) is 0. The van der Waals surface area contributed by atoms with Crippen LogP contribution in [0.25, 0.3) is 0 Å². The summed E-state index contributed by atoms with van der Waals surface area (Å²) in [4.78, 5) is 0. The van der Waals surface area contributed by atoms with Crippen molar-refractivity contribution in [2.75, 3.05) is 0 Å². The van der Waals surface area contributed by atoms with Crippen molar-refractivity contribution >= 4 is 0 Å². The Morgan fingerprint density at radius 1 is 0.714 bits per heavy atom. The second kappa shape index (κ2) is 18.2. The quantitative estimate of drug-likeness (QED) is 0.537. The van der Waals surface area contributed by atoms with Gasteiger partial charge in [-0.15, -0.1) is 6.58 Å². The van der Waals surface area contributed by atoms with Crippen LogP contribution >= 0.6 is 0 Å². The first-order valence-electron chi connectivity index (χ1n) is 7.93. The third kappa shape index (κ3) is 14.4. The molecule has 0 bridgehead atoms. The second-order valence-electron chi connectivity index (χ2n) is 4.09. The molecule has 0 N–H and O–H groups in total. The lowest BCUT2D eigenvalue weighted by Crippen LogP contribution is -1.73. The molecule has 0 radical (unpaired) electrons. The Bertz CT molecular complexity index is 361. The standard InChI is InChI=1S/2C8H10.C3H6.C2H6/c2*1-2-8-6-4-3-5-7-8;1-3-2;1-2/h2*3-7H,2H2,1H3;3H,1H2,2H3;1-2H3. The van der Waals surface area contributed by atoms with Gasteiger partial charge in [0.1, 0.15) is 0 Å². The van der Waals surface area contributed by atoms with Crippen molar-refractivity contribution in [1.29, 1.82) is 0 Å². The van der Waals surface area contributed by atoms with Gasteiger partial charge in [0.15, 0.2) is 0 Å². The van der Waals surface area contributed by atoms with Gasteiger partial charge >= 0.3 is 0 Å². The molecular weight excluding hydrogens is 252 g/mol. The van der Waals surface area contributed by atoms with Crippen LogP contribution in [0, 0.1) is 0 Å². The minimum Gasteiger partial charge on any atom is -0.103 e. The third-order valence-electron chi connectivity index (χ3n) is 2.50. The molecule has 0 fully saturated rings. The van der Waals surface area contributed by atoms with E-state index in [2.05, 4.69) is 69.0 Å². The molecule has 0 aliphatic carbocycles. The van der Waals surface area contributed by atoms with Crippen LogP contribution in [-0.4, -0.2) is 0 Å². The predicted molar refractivity (Wildman–Crippen MR) is 98.9 cm³/mol. The van der Waals surface area contributed by atoms with Crippen LogP contribution in [0.1, 0.15) is 45.7 Å². The zero-order valence-corrected chi connectivity index (χ0v) is 14.5. The fourth-order valence-electron chi connectivity index (χ4n) is 1.43. The number of hydrogen-bond donors (Lipinski definition) is 0. The van der Waals surface area contributed by atoms with Gasteiger partial charge in [0.2, 0.25) is 0 Å². The summed E-state index contributed by atoms with van der Waals surface area (Å²) in [5.41, 5.74) is 2.82. The Balaban J connectivity index is 0. The average Bonchev–Trinajstić information content (AvgIpc) is 2.59. The molecule has 0 saturated carbocycles. The number of rotatable bonds is 2. The minimum absolute atomic E-state index is 1.14. The molecule has 0 aromatic heterocycles. The van der Waals surface area contributed by atoms with Crippen molar-refractivity contribution in [1.82, 2.24) is 0 Å². The molecule has 2 aromatic carbocycles. The maximum atomic E-state index is 3.36. The molecular formula is C21H32. The van der Waals surface area contributed by atoms with Crippen LogP contribution in [0.2, 0.25) is 0 Å². The fourth-order valence-corrected chi connectivity index (χ4v) is 1.43. The molecule has 21 heavy (non-hydrogen) atoms. The number of allylic oxidation sites excluding steroid dienone is 1. The first-order valence-corrected chi connectivity index (χ1v) is 7.93. The molecule has 0 atom stereocenters. The van der Waals surface area contributed by atoms with Crippen LogP contribution < -0.4 is 0 Å². The second-order valence-corrected chi connectivity index (χ2v) is 4.09. The monoisotopic (exact) mass is 284 g/mol. The van der Waals surface area contributed by atoms with E-state index < -0.39 is 0 Å². The molecule has 116 valence electrons. The van der Waals surface area contributed by atoms with Crippen molar-refractivity contribution in [2.45, 2.75) is 47.5 Å². The van der Waals surface area contributed by atoms with Gasteiger partial charge in [0.25, 0.3) is 0 Å². The van der Waals surface area contributed by atoms with Crippen LogP contribution in [0.15, 0.2) is 73.3 Å². The van der Waals surface area contributed by atoms with Gasteiger partial charge in [0.05, 0.1) is 0 Å². The highest BCUT2D eigenvalue weighted by Crippen LogP contribution is 1.97. The average molecular weight is 284 g/mol. The summed E-state index contributed by atoms with van der Waals surface area (Å²) in [6.07, 6.45) is 4.03. The van der Waals surface area contributed by atoms with E-state index in [0.29, 0.717) is 0 Å². The summed E-state index contributed by atoms with van der Waals surface area (Å²) in [6, 6.07) is 20.9. The summed E-state index contributed by atoms with van der Waals surface area (Å²) >= 11 is 0. The molecule has 0 heterocycles. The lowest BCUT2D eigenvalue weighted by atomic mass is 10.2. The van der Waals surface area contributed by atoms with Crippen LogP contribution in [-0.2, 0) is 12.8 Å². The Morgan fingerprint density at radius 3 is 1.10 bits per heavy atom. The highest BCUT2D eigenvalue weighted by atomic mass is 13.9. The minimum atomic E-state index is 1.14. The molecule has 0 unspecified atom stereocenters. The molecule has 0 saturated heterocycles. The maximum Gasteiger partial charge on any atom is -0.0307 e. The number of hydrogen-bond acceptors (Lipinski definition) is 0. The molecule has 0 nitrogen and oxygen atoms in total. The molecule has 0 amide bonds. The largest absolute Gasteiger partial charge is 0.103 e. The van der Waals surface area contributed by atoms with Crippen molar-refractivity contribution in [3.8, 4) is 0 Å². The Hall–Kier alpha value is -1.82. The molecule has 0 aliphatic heterocycles. The zero-order valence-electron chi connectivity index (χ0n) is 14.5. The van der Waals surface area contributed by atoms with E-state index in [4.69, 9.17) is 0 Å². The first-order chi connectivity index (χ1) is 10.3. The van der Waals surface area contributed by atoms with Crippen LogP contribution in [0.4, 0.5) is 0 Å². The molecule has 0 aliphatic rings. The van der Waals surface area contributed by atoms with E-state index in [0.717, 1.165) is 12.8 Å². The highest BCUT2D eigenvalue weighted by Gasteiger charge is 1.80. The van der Waals surface area contributed by atoms with Crippen molar-refractivity contribution in [3.05, 3.63) is 84.4 Å².